The first-order valence-electron chi connectivity index (χ1n) is 6.86. The second-order valence-electron chi connectivity index (χ2n) is 5.04. The van der Waals surface area contributed by atoms with E-state index < -0.39 is 5.97 Å². The first-order valence-corrected chi connectivity index (χ1v) is 7.24. The molecule has 0 spiro atoms. The molecule has 0 atom stereocenters. The SMILES string of the molecule is Cc1nc(-c2cccc(Cl)c2)nc(-n2ccc(C(=O)O)n2)c1C. The first kappa shape index (κ1) is 15.2. The number of aromatic nitrogens is 4. The molecule has 116 valence electrons. The van der Waals surface area contributed by atoms with E-state index in [1.54, 1.807) is 18.3 Å². The number of carboxylic acid groups (broad SMARTS) is 1. The molecular formula is C16H13ClN4O2. The normalized spacial score (nSPS) is 10.7. The van der Waals surface area contributed by atoms with Crippen molar-refractivity contribution in [1.29, 1.82) is 0 Å². The molecule has 6 nitrogen and oxygen atoms in total. The van der Waals surface area contributed by atoms with Crippen LogP contribution in [0.25, 0.3) is 17.2 Å². The van der Waals surface area contributed by atoms with E-state index in [-0.39, 0.29) is 5.69 Å². The van der Waals surface area contributed by atoms with Gasteiger partial charge in [0.05, 0.1) is 0 Å². The Kier molecular flexibility index (Phi) is 3.83. The smallest absolute Gasteiger partial charge is 0.356 e. The van der Waals surface area contributed by atoms with Crippen molar-refractivity contribution < 1.29 is 9.90 Å². The Morgan fingerprint density at radius 1 is 1.22 bits per heavy atom. The summed E-state index contributed by atoms with van der Waals surface area (Å²) in [5.41, 5.74) is 2.37. The summed E-state index contributed by atoms with van der Waals surface area (Å²) in [6, 6.07) is 8.68. The molecule has 0 radical (unpaired) electrons. The molecule has 7 heteroatoms. The van der Waals surface area contributed by atoms with E-state index in [9.17, 15) is 4.79 Å². The molecular weight excluding hydrogens is 316 g/mol. The molecule has 3 aromatic rings. The molecule has 0 fully saturated rings. The van der Waals surface area contributed by atoms with Crippen molar-refractivity contribution in [3.05, 3.63) is 58.5 Å². The zero-order valence-electron chi connectivity index (χ0n) is 12.5. The van der Waals surface area contributed by atoms with E-state index in [0.29, 0.717) is 16.7 Å². The van der Waals surface area contributed by atoms with Gasteiger partial charge < -0.3 is 5.11 Å². The molecule has 3 rings (SSSR count). The summed E-state index contributed by atoms with van der Waals surface area (Å²) in [5.74, 6) is -0.0276. The van der Waals surface area contributed by atoms with Gasteiger partial charge in [-0.3, -0.25) is 0 Å². The largest absolute Gasteiger partial charge is 0.476 e. The zero-order valence-corrected chi connectivity index (χ0v) is 13.2. The quantitative estimate of drug-likeness (QED) is 0.797. The zero-order chi connectivity index (χ0) is 16.6. The minimum Gasteiger partial charge on any atom is -0.476 e. The summed E-state index contributed by atoms with van der Waals surface area (Å²) in [7, 11) is 0. The molecule has 1 N–H and O–H groups in total. The van der Waals surface area contributed by atoms with Crippen LogP contribution in [0, 0.1) is 13.8 Å². The molecule has 0 aliphatic heterocycles. The van der Waals surface area contributed by atoms with Crippen LogP contribution in [0.1, 0.15) is 21.7 Å². The molecule has 0 saturated heterocycles. The molecule has 2 aromatic heterocycles. The summed E-state index contributed by atoms with van der Waals surface area (Å²) in [4.78, 5) is 20.0. The third kappa shape index (κ3) is 2.93. The second kappa shape index (κ2) is 5.81. The minimum atomic E-state index is -1.08. The molecule has 0 aliphatic rings. The lowest BCUT2D eigenvalue weighted by Gasteiger charge is -2.10. The van der Waals surface area contributed by atoms with E-state index >= 15 is 0 Å². The van der Waals surface area contributed by atoms with Gasteiger partial charge in [-0.05, 0) is 32.0 Å². The lowest BCUT2D eigenvalue weighted by molar-refractivity contribution is 0.0690. The number of aromatic carboxylic acids is 1. The topological polar surface area (TPSA) is 80.9 Å². The van der Waals surface area contributed by atoms with Crippen LogP contribution >= 0.6 is 11.6 Å². The minimum absolute atomic E-state index is 0.0371. The average Bonchev–Trinajstić information content (AvgIpc) is 3.00. The molecule has 0 bridgehead atoms. The fourth-order valence-corrected chi connectivity index (χ4v) is 2.34. The lowest BCUT2D eigenvalue weighted by atomic mass is 10.2. The van der Waals surface area contributed by atoms with Crippen LogP contribution in [0.15, 0.2) is 36.5 Å². The number of hydrogen-bond acceptors (Lipinski definition) is 4. The average molecular weight is 329 g/mol. The highest BCUT2D eigenvalue weighted by Gasteiger charge is 2.14. The van der Waals surface area contributed by atoms with Gasteiger partial charge in [-0.1, -0.05) is 23.7 Å². The number of benzene rings is 1. The Balaban J connectivity index is 2.15. The van der Waals surface area contributed by atoms with Crippen LogP contribution in [0.5, 0.6) is 0 Å². The van der Waals surface area contributed by atoms with Crippen molar-refractivity contribution in [1.82, 2.24) is 19.7 Å². The summed E-state index contributed by atoms with van der Waals surface area (Å²) >= 11 is 6.02. The highest BCUT2D eigenvalue weighted by Crippen LogP contribution is 2.23. The number of carbonyl (C=O) groups is 1. The van der Waals surface area contributed by atoms with E-state index in [2.05, 4.69) is 15.1 Å². The van der Waals surface area contributed by atoms with Crippen LogP contribution < -0.4 is 0 Å². The predicted octanol–water partition coefficient (Wildman–Crippen LogP) is 3.30. The van der Waals surface area contributed by atoms with Crippen LogP contribution in [-0.2, 0) is 0 Å². The van der Waals surface area contributed by atoms with Crippen LogP contribution in [0.3, 0.4) is 0 Å². The molecule has 0 aliphatic carbocycles. The Morgan fingerprint density at radius 2 is 2.00 bits per heavy atom. The highest BCUT2D eigenvalue weighted by molar-refractivity contribution is 6.30. The third-order valence-electron chi connectivity index (χ3n) is 3.47. The van der Waals surface area contributed by atoms with Gasteiger partial charge in [0, 0.05) is 28.0 Å². The Morgan fingerprint density at radius 3 is 2.65 bits per heavy atom. The molecule has 0 saturated carbocycles. The van der Waals surface area contributed by atoms with Crippen molar-refractivity contribution in [2.24, 2.45) is 0 Å². The second-order valence-corrected chi connectivity index (χ2v) is 5.48. The standard InChI is InChI=1S/C16H13ClN4O2/c1-9-10(2)18-14(11-4-3-5-12(17)8-11)19-15(9)21-7-6-13(20-21)16(22)23/h3-8H,1-2H3,(H,22,23). The van der Waals surface area contributed by atoms with Crippen molar-refractivity contribution >= 4 is 17.6 Å². The van der Waals surface area contributed by atoms with Gasteiger partial charge in [-0.15, -0.1) is 0 Å². The van der Waals surface area contributed by atoms with Crippen molar-refractivity contribution in [3.63, 3.8) is 0 Å². The van der Waals surface area contributed by atoms with E-state index in [0.717, 1.165) is 16.8 Å². The van der Waals surface area contributed by atoms with Crippen LogP contribution in [0.2, 0.25) is 5.02 Å². The molecule has 23 heavy (non-hydrogen) atoms. The fraction of sp³-hybridized carbons (Fsp3) is 0.125. The maximum absolute atomic E-state index is 11.0. The summed E-state index contributed by atoms with van der Waals surface area (Å²) < 4.78 is 1.45. The van der Waals surface area contributed by atoms with Gasteiger partial charge in [0.2, 0.25) is 0 Å². The van der Waals surface area contributed by atoms with Crippen LogP contribution in [0.4, 0.5) is 0 Å². The third-order valence-corrected chi connectivity index (χ3v) is 3.71. The molecule has 0 unspecified atom stereocenters. The van der Waals surface area contributed by atoms with E-state index in [1.165, 1.54) is 10.7 Å². The fourth-order valence-electron chi connectivity index (χ4n) is 2.15. The number of hydrogen-bond donors (Lipinski definition) is 1. The highest BCUT2D eigenvalue weighted by atomic mass is 35.5. The lowest BCUT2D eigenvalue weighted by Crippen LogP contribution is -2.08. The predicted molar refractivity (Wildman–Crippen MR) is 86.0 cm³/mol. The monoisotopic (exact) mass is 328 g/mol. The Labute approximate surface area is 137 Å². The van der Waals surface area contributed by atoms with Crippen LogP contribution in [-0.4, -0.2) is 30.8 Å². The molecule has 0 amide bonds. The Bertz CT molecular complexity index is 905. The number of carboxylic acids is 1. The van der Waals surface area contributed by atoms with E-state index in [4.69, 9.17) is 16.7 Å². The van der Waals surface area contributed by atoms with Crippen molar-refractivity contribution in [3.8, 4) is 17.2 Å². The number of halogens is 1. The van der Waals surface area contributed by atoms with E-state index in [1.807, 2.05) is 26.0 Å². The van der Waals surface area contributed by atoms with Crippen molar-refractivity contribution in [2.75, 3.05) is 0 Å². The van der Waals surface area contributed by atoms with Crippen molar-refractivity contribution in [2.45, 2.75) is 13.8 Å². The van der Waals surface area contributed by atoms with Gasteiger partial charge in [-0.2, -0.15) is 5.10 Å². The van der Waals surface area contributed by atoms with Gasteiger partial charge >= 0.3 is 5.97 Å². The molecule has 2 heterocycles. The maximum atomic E-state index is 11.0. The first-order chi connectivity index (χ1) is 11.0. The maximum Gasteiger partial charge on any atom is 0.356 e. The summed E-state index contributed by atoms with van der Waals surface area (Å²) in [6.07, 6.45) is 1.57. The van der Waals surface area contributed by atoms with Gasteiger partial charge in [0.15, 0.2) is 17.3 Å². The van der Waals surface area contributed by atoms with Gasteiger partial charge in [0.25, 0.3) is 0 Å². The molecule has 1 aromatic carbocycles. The van der Waals surface area contributed by atoms with Gasteiger partial charge in [0.1, 0.15) is 0 Å². The number of rotatable bonds is 3. The Hall–Kier alpha value is -2.73. The number of aryl methyl sites for hydroxylation is 1. The number of nitrogens with zero attached hydrogens (tertiary/aromatic N) is 4. The summed E-state index contributed by atoms with van der Waals surface area (Å²) in [6.45, 7) is 3.74. The van der Waals surface area contributed by atoms with Gasteiger partial charge in [-0.25, -0.2) is 19.4 Å². The summed E-state index contributed by atoms with van der Waals surface area (Å²) in [5, 5.41) is 13.6.